The first-order valence-electron chi connectivity index (χ1n) is 6.47. The number of hydrogen-bond donors (Lipinski definition) is 1. The van der Waals surface area contributed by atoms with Crippen molar-refractivity contribution in [2.75, 3.05) is 0 Å². The van der Waals surface area contributed by atoms with E-state index in [0.717, 1.165) is 17.5 Å². The van der Waals surface area contributed by atoms with Crippen molar-refractivity contribution in [2.24, 2.45) is 11.8 Å². The maximum atomic E-state index is 12.1. The molecule has 0 bridgehead atoms. The van der Waals surface area contributed by atoms with Crippen LogP contribution in [-0.4, -0.2) is 16.9 Å². The Hall–Kier alpha value is -1.38. The van der Waals surface area contributed by atoms with Crippen molar-refractivity contribution >= 4 is 5.91 Å². The fraction of sp³-hybridized carbons (Fsp3) is 0.571. The molecule has 1 N–H and O–H groups in total. The highest BCUT2D eigenvalue weighted by atomic mass is 16.1. The predicted octanol–water partition coefficient (Wildman–Crippen LogP) is 2.31. The molecular weight excluding hydrogens is 212 g/mol. The molecule has 3 rings (SSSR count). The molecule has 90 valence electrons. The summed E-state index contributed by atoms with van der Waals surface area (Å²) in [5, 5.41) is 3.20. The molecule has 2 aliphatic rings. The summed E-state index contributed by atoms with van der Waals surface area (Å²) >= 11 is 0. The van der Waals surface area contributed by atoms with E-state index in [4.69, 9.17) is 0 Å². The third-order valence-corrected chi connectivity index (χ3v) is 3.73. The van der Waals surface area contributed by atoms with Gasteiger partial charge in [0.15, 0.2) is 0 Å². The zero-order valence-electron chi connectivity index (χ0n) is 10.1. The molecule has 1 aromatic heterocycles. The third-order valence-electron chi connectivity index (χ3n) is 3.73. The summed E-state index contributed by atoms with van der Waals surface area (Å²) in [6, 6.07) is 4.16. The van der Waals surface area contributed by atoms with Gasteiger partial charge < -0.3 is 5.32 Å². The van der Waals surface area contributed by atoms with Gasteiger partial charge in [-0.25, -0.2) is 0 Å². The van der Waals surface area contributed by atoms with Gasteiger partial charge in [0.1, 0.15) is 0 Å². The van der Waals surface area contributed by atoms with E-state index in [1.807, 2.05) is 19.1 Å². The highest BCUT2D eigenvalue weighted by Gasteiger charge is 2.42. The summed E-state index contributed by atoms with van der Waals surface area (Å²) in [7, 11) is 0. The number of aromatic nitrogens is 1. The minimum Gasteiger partial charge on any atom is -0.349 e. The number of carbonyl (C=O) groups excluding carboxylic acids is 1. The largest absolute Gasteiger partial charge is 0.349 e. The molecule has 0 aromatic carbocycles. The lowest BCUT2D eigenvalue weighted by Gasteiger charge is -2.17. The van der Waals surface area contributed by atoms with E-state index >= 15 is 0 Å². The molecule has 2 fully saturated rings. The number of hydrogen-bond acceptors (Lipinski definition) is 2. The number of amides is 1. The molecule has 0 saturated heterocycles. The van der Waals surface area contributed by atoms with Crippen LogP contribution in [0.3, 0.4) is 0 Å². The molecule has 2 saturated carbocycles. The number of aryl methyl sites for hydroxylation is 1. The molecule has 3 heteroatoms. The SMILES string of the molecule is Cc1ccc(C(=O)NC(C2CC2)C2CC2)cn1. The van der Waals surface area contributed by atoms with Crippen LogP contribution < -0.4 is 5.32 Å². The van der Waals surface area contributed by atoms with Crippen molar-refractivity contribution < 1.29 is 4.79 Å². The lowest BCUT2D eigenvalue weighted by atomic mass is 10.1. The normalized spacial score (nSPS) is 19.4. The van der Waals surface area contributed by atoms with Gasteiger partial charge in [0, 0.05) is 17.9 Å². The van der Waals surface area contributed by atoms with Crippen molar-refractivity contribution in [3.63, 3.8) is 0 Å². The van der Waals surface area contributed by atoms with E-state index < -0.39 is 0 Å². The first kappa shape index (κ1) is 10.8. The van der Waals surface area contributed by atoms with Crippen LogP contribution in [0.5, 0.6) is 0 Å². The Morgan fingerprint density at radius 1 is 1.29 bits per heavy atom. The Morgan fingerprint density at radius 3 is 2.41 bits per heavy atom. The van der Waals surface area contributed by atoms with Gasteiger partial charge in [-0.1, -0.05) is 0 Å². The van der Waals surface area contributed by atoms with Gasteiger partial charge >= 0.3 is 0 Å². The number of nitrogens with zero attached hydrogens (tertiary/aromatic N) is 1. The monoisotopic (exact) mass is 230 g/mol. The zero-order valence-corrected chi connectivity index (χ0v) is 10.1. The molecule has 0 aliphatic heterocycles. The topological polar surface area (TPSA) is 42.0 Å². The fourth-order valence-electron chi connectivity index (χ4n) is 2.37. The van der Waals surface area contributed by atoms with Gasteiger partial charge in [0.2, 0.25) is 0 Å². The van der Waals surface area contributed by atoms with E-state index in [1.54, 1.807) is 6.20 Å². The maximum Gasteiger partial charge on any atom is 0.253 e. The fourth-order valence-corrected chi connectivity index (χ4v) is 2.37. The minimum absolute atomic E-state index is 0.0429. The summed E-state index contributed by atoms with van der Waals surface area (Å²) < 4.78 is 0. The van der Waals surface area contributed by atoms with Gasteiger partial charge in [0.05, 0.1) is 5.56 Å². The van der Waals surface area contributed by atoms with Gasteiger partial charge in [-0.3, -0.25) is 9.78 Å². The lowest BCUT2D eigenvalue weighted by Crippen LogP contribution is -2.38. The van der Waals surface area contributed by atoms with E-state index in [0.29, 0.717) is 11.6 Å². The molecular formula is C14H18N2O. The highest BCUT2D eigenvalue weighted by Crippen LogP contribution is 2.44. The van der Waals surface area contributed by atoms with E-state index in [2.05, 4.69) is 10.3 Å². The van der Waals surface area contributed by atoms with E-state index in [9.17, 15) is 4.79 Å². The summed E-state index contributed by atoms with van der Waals surface area (Å²) in [5.74, 6) is 1.52. The molecule has 3 nitrogen and oxygen atoms in total. The standard InChI is InChI=1S/C14H18N2O/c1-9-2-3-12(8-15-9)14(17)16-13(10-4-5-10)11-6-7-11/h2-3,8,10-11,13H,4-7H2,1H3,(H,16,17). The van der Waals surface area contributed by atoms with Crippen LogP contribution in [-0.2, 0) is 0 Å². The molecule has 0 atom stereocenters. The highest BCUT2D eigenvalue weighted by molar-refractivity contribution is 5.94. The Labute approximate surface area is 102 Å². The summed E-state index contributed by atoms with van der Waals surface area (Å²) in [5.41, 5.74) is 1.63. The molecule has 1 heterocycles. The van der Waals surface area contributed by atoms with Gasteiger partial charge in [-0.15, -0.1) is 0 Å². The molecule has 0 unspecified atom stereocenters. The third kappa shape index (κ3) is 2.48. The van der Waals surface area contributed by atoms with Crippen LogP contribution in [0.15, 0.2) is 18.3 Å². The van der Waals surface area contributed by atoms with Crippen LogP contribution in [0.25, 0.3) is 0 Å². The summed E-state index contributed by atoms with van der Waals surface area (Å²) in [4.78, 5) is 16.2. The van der Waals surface area contributed by atoms with Crippen LogP contribution in [0.2, 0.25) is 0 Å². The number of carbonyl (C=O) groups is 1. The minimum atomic E-state index is 0.0429. The Kier molecular flexibility index (Phi) is 2.61. The molecule has 2 aliphatic carbocycles. The van der Waals surface area contributed by atoms with E-state index in [1.165, 1.54) is 25.7 Å². The number of pyridine rings is 1. The van der Waals surface area contributed by atoms with Gasteiger partial charge in [0.25, 0.3) is 5.91 Å². The molecule has 1 amide bonds. The summed E-state index contributed by atoms with van der Waals surface area (Å²) in [6.45, 7) is 1.93. The second-order valence-electron chi connectivity index (χ2n) is 5.36. The quantitative estimate of drug-likeness (QED) is 0.862. The van der Waals surface area contributed by atoms with Gasteiger partial charge in [-0.05, 0) is 56.6 Å². The molecule has 1 aromatic rings. The molecule has 17 heavy (non-hydrogen) atoms. The van der Waals surface area contributed by atoms with Gasteiger partial charge in [-0.2, -0.15) is 0 Å². The van der Waals surface area contributed by atoms with Crippen molar-refractivity contribution in [3.8, 4) is 0 Å². The number of nitrogens with one attached hydrogen (secondary N) is 1. The predicted molar refractivity (Wildman–Crippen MR) is 65.7 cm³/mol. The molecule has 0 radical (unpaired) electrons. The van der Waals surface area contributed by atoms with Crippen LogP contribution in [0.4, 0.5) is 0 Å². The first-order valence-corrected chi connectivity index (χ1v) is 6.47. The van der Waals surface area contributed by atoms with Crippen molar-refractivity contribution in [3.05, 3.63) is 29.6 Å². The Morgan fingerprint density at radius 2 is 1.94 bits per heavy atom. The van der Waals surface area contributed by atoms with Crippen molar-refractivity contribution in [2.45, 2.75) is 38.6 Å². The Bertz CT molecular complexity index is 406. The van der Waals surface area contributed by atoms with Crippen molar-refractivity contribution in [1.82, 2.24) is 10.3 Å². The summed E-state index contributed by atoms with van der Waals surface area (Å²) in [6.07, 6.45) is 6.81. The molecule has 0 spiro atoms. The number of rotatable bonds is 4. The van der Waals surface area contributed by atoms with Crippen LogP contribution in [0, 0.1) is 18.8 Å². The maximum absolute atomic E-state index is 12.1. The van der Waals surface area contributed by atoms with E-state index in [-0.39, 0.29) is 5.91 Å². The first-order chi connectivity index (χ1) is 8.24. The van der Waals surface area contributed by atoms with Crippen LogP contribution >= 0.6 is 0 Å². The smallest absolute Gasteiger partial charge is 0.253 e. The van der Waals surface area contributed by atoms with Crippen LogP contribution in [0.1, 0.15) is 41.7 Å². The van der Waals surface area contributed by atoms with Crippen molar-refractivity contribution in [1.29, 1.82) is 0 Å². The second kappa shape index (κ2) is 4.13. The lowest BCUT2D eigenvalue weighted by molar-refractivity contribution is 0.0926. The average Bonchev–Trinajstić information content (AvgIpc) is 3.17. The zero-order chi connectivity index (χ0) is 11.8. The Balaban J connectivity index is 1.67. The second-order valence-corrected chi connectivity index (χ2v) is 5.36. The average molecular weight is 230 g/mol.